The molecule has 1 atom stereocenters. The van der Waals surface area contributed by atoms with Crippen LogP contribution in [-0.2, 0) is 24.8 Å². The van der Waals surface area contributed by atoms with Crippen molar-refractivity contribution in [2.45, 2.75) is 45.8 Å². The zero-order chi connectivity index (χ0) is 20.9. The largest absolute Gasteiger partial charge is 0.376 e. The molecule has 0 amide bonds. The number of hydrogen-bond acceptors (Lipinski definition) is 4. The van der Waals surface area contributed by atoms with E-state index in [0.29, 0.717) is 6.54 Å². The van der Waals surface area contributed by atoms with Gasteiger partial charge in [-0.2, -0.15) is 0 Å². The van der Waals surface area contributed by atoms with Crippen LogP contribution in [0.1, 0.15) is 35.6 Å². The van der Waals surface area contributed by atoms with Crippen molar-refractivity contribution in [1.29, 1.82) is 0 Å². The summed E-state index contributed by atoms with van der Waals surface area (Å²) in [5.41, 5.74) is 3.80. The van der Waals surface area contributed by atoms with Crippen molar-refractivity contribution < 1.29 is 4.74 Å². The molecule has 4 rings (SSSR count). The van der Waals surface area contributed by atoms with Gasteiger partial charge in [0.05, 0.1) is 6.10 Å². The molecule has 0 spiro atoms. The molecule has 31 heavy (non-hydrogen) atoms. The topological polar surface area (TPSA) is 92.2 Å². The molecule has 0 aliphatic carbocycles. The molecule has 9 heteroatoms. The highest BCUT2D eigenvalue weighted by atomic mass is 127. The van der Waals surface area contributed by atoms with Gasteiger partial charge in [0.1, 0.15) is 12.4 Å². The third-order valence-corrected chi connectivity index (χ3v) is 5.78. The number of hydrogen-bond donors (Lipinski definition) is 3. The lowest BCUT2D eigenvalue weighted by atomic mass is 10.1. The molecule has 0 bridgehead atoms. The van der Waals surface area contributed by atoms with E-state index in [9.17, 15) is 0 Å². The number of fused-ring (bicyclic) bond motifs is 1. The van der Waals surface area contributed by atoms with E-state index in [4.69, 9.17) is 9.73 Å². The Balaban J connectivity index is 0.00000272. The van der Waals surface area contributed by atoms with Crippen LogP contribution in [0.5, 0.6) is 0 Å². The Kier molecular flexibility index (Phi) is 8.30. The predicted octanol–water partition coefficient (Wildman–Crippen LogP) is 2.99. The molecule has 1 aliphatic heterocycles. The van der Waals surface area contributed by atoms with Crippen molar-refractivity contribution in [2.75, 3.05) is 19.7 Å². The highest BCUT2D eigenvalue weighted by Crippen LogP contribution is 2.21. The van der Waals surface area contributed by atoms with Crippen molar-refractivity contribution >= 4 is 40.8 Å². The molecule has 168 valence electrons. The molecule has 8 nitrogen and oxygen atoms in total. The molecule has 1 aromatic carbocycles. The standard InChI is InChI=1S/C22H31N7O.HI/c1-15-6-4-8-19-17(12-24-21(15)19)9-10-23-22(25-13-18-7-5-11-30-18)26-14-20-28-27-16(2)29(20)3;/h4,6,8,12,18,24H,5,7,9-11,13-14H2,1-3H3,(H2,23,25,26);1H. The third-order valence-electron chi connectivity index (χ3n) is 5.78. The highest BCUT2D eigenvalue weighted by Gasteiger charge is 2.16. The maximum atomic E-state index is 5.74. The number of aromatic nitrogens is 4. The van der Waals surface area contributed by atoms with Gasteiger partial charge in [-0.1, -0.05) is 18.2 Å². The van der Waals surface area contributed by atoms with E-state index in [1.54, 1.807) is 0 Å². The summed E-state index contributed by atoms with van der Waals surface area (Å²) >= 11 is 0. The van der Waals surface area contributed by atoms with Crippen LogP contribution in [0.25, 0.3) is 10.9 Å². The lowest BCUT2D eigenvalue weighted by Crippen LogP contribution is -2.42. The molecule has 0 saturated carbocycles. The van der Waals surface area contributed by atoms with E-state index >= 15 is 0 Å². The molecule has 1 saturated heterocycles. The van der Waals surface area contributed by atoms with Gasteiger partial charge in [-0.3, -0.25) is 0 Å². The second-order valence-corrected chi connectivity index (χ2v) is 7.89. The Morgan fingerprint density at radius 3 is 2.90 bits per heavy atom. The zero-order valence-electron chi connectivity index (χ0n) is 18.4. The second-order valence-electron chi connectivity index (χ2n) is 7.89. The number of para-hydroxylation sites is 1. The number of aromatic amines is 1. The fourth-order valence-corrected chi connectivity index (χ4v) is 3.81. The quantitative estimate of drug-likeness (QED) is 0.245. The number of H-pyrrole nitrogens is 1. The van der Waals surface area contributed by atoms with Crippen molar-refractivity contribution in [2.24, 2.45) is 12.0 Å². The highest BCUT2D eigenvalue weighted by molar-refractivity contribution is 14.0. The Hall–Kier alpha value is -2.14. The monoisotopic (exact) mass is 537 g/mol. The van der Waals surface area contributed by atoms with Crippen LogP contribution >= 0.6 is 24.0 Å². The van der Waals surface area contributed by atoms with E-state index in [0.717, 1.165) is 56.6 Å². The zero-order valence-corrected chi connectivity index (χ0v) is 20.8. The van der Waals surface area contributed by atoms with Gasteiger partial charge >= 0.3 is 0 Å². The van der Waals surface area contributed by atoms with Gasteiger partial charge in [-0.15, -0.1) is 34.2 Å². The number of aliphatic imine (C=N–C) groups is 1. The summed E-state index contributed by atoms with van der Waals surface area (Å²) in [5, 5.41) is 16.5. The number of halogens is 1. The maximum absolute atomic E-state index is 5.74. The van der Waals surface area contributed by atoms with Crippen molar-refractivity contribution in [3.05, 3.63) is 47.2 Å². The molecule has 2 aromatic heterocycles. The normalized spacial score (nSPS) is 16.5. The summed E-state index contributed by atoms with van der Waals surface area (Å²) in [6.07, 6.45) is 5.50. The van der Waals surface area contributed by atoms with Gasteiger partial charge in [0.25, 0.3) is 0 Å². The molecule has 3 N–H and O–H groups in total. The number of aryl methyl sites for hydroxylation is 2. The van der Waals surface area contributed by atoms with E-state index < -0.39 is 0 Å². The average molecular weight is 537 g/mol. The van der Waals surface area contributed by atoms with E-state index in [-0.39, 0.29) is 30.1 Å². The van der Waals surface area contributed by atoms with Crippen LogP contribution in [0.2, 0.25) is 0 Å². The van der Waals surface area contributed by atoms with Crippen molar-refractivity contribution in [3.63, 3.8) is 0 Å². The summed E-state index contributed by atoms with van der Waals surface area (Å²) in [7, 11) is 1.96. The first-order valence-corrected chi connectivity index (χ1v) is 10.7. The first-order valence-electron chi connectivity index (χ1n) is 10.7. The van der Waals surface area contributed by atoms with Gasteiger partial charge in [-0.25, -0.2) is 4.99 Å². The fourth-order valence-electron chi connectivity index (χ4n) is 3.81. The van der Waals surface area contributed by atoms with Crippen LogP contribution in [0.3, 0.4) is 0 Å². The fraction of sp³-hybridized carbons (Fsp3) is 0.500. The Morgan fingerprint density at radius 2 is 2.16 bits per heavy atom. The summed E-state index contributed by atoms with van der Waals surface area (Å²) in [5.74, 6) is 2.51. The van der Waals surface area contributed by atoms with Crippen LogP contribution in [0, 0.1) is 13.8 Å². The molecule has 3 heterocycles. The van der Waals surface area contributed by atoms with Gasteiger partial charge in [0.15, 0.2) is 11.8 Å². The lowest BCUT2D eigenvalue weighted by Gasteiger charge is -2.15. The Morgan fingerprint density at radius 1 is 1.29 bits per heavy atom. The van der Waals surface area contributed by atoms with Crippen molar-refractivity contribution in [1.82, 2.24) is 30.4 Å². The number of guanidine groups is 1. The van der Waals surface area contributed by atoms with Crippen LogP contribution in [0.15, 0.2) is 29.4 Å². The van der Waals surface area contributed by atoms with E-state index in [2.05, 4.69) is 57.1 Å². The summed E-state index contributed by atoms with van der Waals surface area (Å²) < 4.78 is 7.70. The van der Waals surface area contributed by atoms with Crippen LogP contribution in [-0.4, -0.2) is 51.5 Å². The molecule has 1 fully saturated rings. The summed E-state index contributed by atoms with van der Waals surface area (Å²) in [6, 6.07) is 6.42. The molecule has 1 aliphatic rings. The lowest BCUT2D eigenvalue weighted by molar-refractivity contribution is 0.114. The first kappa shape index (κ1) is 23.5. The number of rotatable bonds is 7. The second kappa shape index (κ2) is 10.9. The SMILES string of the molecule is Cc1cccc2c(CCNC(=NCc3nnc(C)n3C)NCC3CCCO3)c[nH]c12.I. The molecule has 1 unspecified atom stereocenters. The minimum absolute atomic E-state index is 0. The van der Waals surface area contributed by atoms with Gasteiger partial charge < -0.3 is 24.9 Å². The van der Waals surface area contributed by atoms with Crippen LogP contribution in [0.4, 0.5) is 0 Å². The predicted molar refractivity (Wildman–Crippen MR) is 134 cm³/mol. The number of benzene rings is 1. The minimum atomic E-state index is 0. The molecule has 0 radical (unpaired) electrons. The number of nitrogens with zero attached hydrogens (tertiary/aromatic N) is 4. The average Bonchev–Trinajstić information content (AvgIpc) is 3.47. The van der Waals surface area contributed by atoms with Gasteiger partial charge in [0, 0.05) is 43.8 Å². The van der Waals surface area contributed by atoms with Crippen molar-refractivity contribution in [3.8, 4) is 0 Å². The van der Waals surface area contributed by atoms with Gasteiger partial charge in [0.2, 0.25) is 0 Å². The Labute approximate surface area is 200 Å². The minimum Gasteiger partial charge on any atom is -0.376 e. The van der Waals surface area contributed by atoms with Crippen LogP contribution < -0.4 is 10.6 Å². The number of ether oxygens (including phenoxy) is 1. The third kappa shape index (κ3) is 5.76. The first-order chi connectivity index (χ1) is 14.6. The summed E-state index contributed by atoms with van der Waals surface area (Å²) in [4.78, 5) is 8.14. The molecule has 3 aromatic rings. The molecular weight excluding hydrogens is 505 g/mol. The smallest absolute Gasteiger partial charge is 0.191 e. The number of nitrogens with one attached hydrogen (secondary N) is 3. The Bertz CT molecular complexity index is 1020. The van der Waals surface area contributed by atoms with Gasteiger partial charge in [-0.05, 0) is 44.2 Å². The van der Waals surface area contributed by atoms with E-state index in [1.165, 1.54) is 22.0 Å². The summed E-state index contributed by atoms with van der Waals surface area (Å²) in [6.45, 7) is 6.95. The van der Waals surface area contributed by atoms with E-state index in [1.807, 2.05) is 18.5 Å². The molecular formula is C22H32IN7O. The maximum Gasteiger partial charge on any atom is 0.191 e.